The summed E-state index contributed by atoms with van der Waals surface area (Å²) < 4.78 is 5.24. The third-order valence-electron chi connectivity index (χ3n) is 2.58. The molecule has 5 nitrogen and oxygen atoms in total. The van der Waals surface area contributed by atoms with Crippen molar-refractivity contribution in [2.24, 2.45) is 0 Å². The van der Waals surface area contributed by atoms with Gasteiger partial charge in [0.2, 0.25) is 0 Å². The van der Waals surface area contributed by atoms with Crippen LogP contribution in [-0.4, -0.2) is 61.4 Å². The summed E-state index contributed by atoms with van der Waals surface area (Å²) in [7, 11) is 0. The van der Waals surface area contributed by atoms with E-state index in [-0.39, 0.29) is 0 Å². The summed E-state index contributed by atoms with van der Waals surface area (Å²) in [6, 6.07) is -0.449. The molecule has 0 aliphatic carbocycles. The Kier molecular flexibility index (Phi) is 5.60. The van der Waals surface area contributed by atoms with E-state index in [1.807, 2.05) is 0 Å². The van der Waals surface area contributed by atoms with Crippen LogP contribution in [0, 0.1) is 0 Å². The van der Waals surface area contributed by atoms with Gasteiger partial charge in [-0.2, -0.15) is 0 Å². The minimum absolute atomic E-state index is 0.449. The number of aliphatic carboxylic acids is 1. The maximum atomic E-state index is 10.5. The van der Waals surface area contributed by atoms with Crippen LogP contribution in [0.15, 0.2) is 0 Å². The van der Waals surface area contributed by atoms with Gasteiger partial charge in [-0.05, 0) is 26.4 Å². The molecule has 0 aromatic rings. The molecule has 1 aliphatic heterocycles. The molecule has 1 atom stereocenters. The van der Waals surface area contributed by atoms with E-state index in [4.69, 9.17) is 9.84 Å². The van der Waals surface area contributed by atoms with Crippen LogP contribution in [0.25, 0.3) is 0 Å². The molecule has 1 fully saturated rings. The van der Waals surface area contributed by atoms with Crippen LogP contribution >= 0.6 is 0 Å². The van der Waals surface area contributed by atoms with Gasteiger partial charge in [-0.1, -0.05) is 0 Å². The molecule has 0 aromatic carbocycles. The van der Waals surface area contributed by atoms with Crippen molar-refractivity contribution in [2.45, 2.75) is 19.4 Å². The van der Waals surface area contributed by atoms with Gasteiger partial charge in [-0.25, -0.2) is 0 Å². The van der Waals surface area contributed by atoms with Crippen LogP contribution in [0.4, 0.5) is 0 Å². The SMILES string of the molecule is CC(NCCCN1CCOCC1)C(=O)O. The van der Waals surface area contributed by atoms with Crippen LogP contribution in [0.1, 0.15) is 13.3 Å². The predicted molar refractivity (Wildman–Crippen MR) is 57.0 cm³/mol. The number of nitrogens with zero attached hydrogens (tertiary/aromatic N) is 1. The molecule has 1 heterocycles. The van der Waals surface area contributed by atoms with E-state index >= 15 is 0 Å². The molecule has 0 bridgehead atoms. The molecule has 2 N–H and O–H groups in total. The number of nitrogens with one attached hydrogen (secondary N) is 1. The highest BCUT2D eigenvalue weighted by Gasteiger charge is 2.11. The summed E-state index contributed by atoms with van der Waals surface area (Å²) in [5.74, 6) is -0.790. The Labute approximate surface area is 90.4 Å². The molecule has 0 spiro atoms. The Morgan fingerprint density at radius 1 is 1.53 bits per heavy atom. The van der Waals surface area contributed by atoms with E-state index in [1.165, 1.54) is 0 Å². The van der Waals surface area contributed by atoms with Crippen LogP contribution in [0.3, 0.4) is 0 Å². The van der Waals surface area contributed by atoms with Crippen molar-refractivity contribution in [3.63, 3.8) is 0 Å². The predicted octanol–water partition coefficient (Wildman–Crippen LogP) is -0.229. The van der Waals surface area contributed by atoms with Gasteiger partial charge in [-0.15, -0.1) is 0 Å². The van der Waals surface area contributed by atoms with Crippen molar-refractivity contribution in [1.82, 2.24) is 10.2 Å². The highest BCUT2D eigenvalue weighted by atomic mass is 16.5. The zero-order valence-corrected chi connectivity index (χ0v) is 9.24. The molecule has 0 amide bonds. The lowest BCUT2D eigenvalue weighted by molar-refractivity contribution is -0.138. The van der Waals surface area contributed by atoms with Crippen molar-refractivity contribution < 1.29 is 14.6 Å². The van der Waals surface area contributed by atoms with E-state index in [0.29, 0.717) is 0 Å². The molecule has 1 saturated heterocycles. The average Bonchev–Trinajstić information content (AvgIpc) is 2.25. The molecule has 5 heteroatoms. The molecule has 0 saturated carbocycles. The van der Waals surface area contributed by atoms with Gasteiger partial charge in [0.05, 0.1) is 13.2 Å². The number of morpholine rings is 1. The number of carboxylic acid groups (broad SMARTS) is 1. The van der Waals surface area contributed by atoms with Gasteiger partial charge >= 0.3 is 5.97 Å². The lowest BCUT2D eigenvalue weighted by Gasteiger charge is -2.26. The Bertz CT molecular complexity index is 193. The van der Waals surface area contributed by atoms with Crippen molar-refractivity contribution in [3.05, 3.63) is 0 Å². The fraction of sp³-hybridized carbons (Fsp3) is 0.900. The lowest BCUT2D eigenvalue weighted by Crippen LogP contribution is -2.39. The summed E-state index contributed by atoms with van der Waals surface area (Å²) in [5.41, 5.74) is 0. The number of hydrogen-bond acceptors (Lipinski definition) is 4. The quantitative estimate of drug-likeness (QED) is 0.601. The van der Waals surface area contributed by atoms with Crippen molar-refractivity contribution >= 4 is 5.97 Å². The molecular formula is C10H20N2O3. The zero-order valence-electron chi connectivity index (χ0n) is 9.24. The first-order valence-corrected chi connectivity index (χ1v) is 5.46. The minimum atomic E-state index is -0.790. The maximum absolute atomic E-state index is 10.5. The lowest BCUT2D eigenvalue weighted by atomic mass is 10.3. The van der Waals surface area contributed by atoms with E-state index in [1.54, 1.807) is 6.92 Å². The molecular weight excluding hydrogens is 196 g/mol. The smallest absolute Gasteiger partial charge is 0.320 e. The number of rotatable bonds is 6. The van der Waals surface area contributed by atoms with E-state index in [2.05, 4.69) is 10.2 Å². The second kappa shape index (κ2) is 6.76. The summed E-state index contributed by atoms with van der Waals surface area (Å²) in [6.45, 7) is 7.06. The molecule has 1 aliphatic rings. The van der Waals surface area contributed by atoms with Crippen LogP contribution < -0.4 is 5.32 Å². The number of carboxylic acids is 1. The van der Waals surface area contributed by atoms with Crippen molar-refractivity contribution in [2.75, 3.05) is 39.4 Å². The van der Waals surface area contributed by atoms with Crippen LogP contribution in [0.5, 0.6) is 0 Å². The first kappa shape index (κ1) is 12.4. The fourth-order valence-electron chi connectivity index (χ4n) is 1.53. The molecule has 0 aromatic heterocycles. The second-order valence-corrected chi connectivity index (χ2v) is 3.82. The molecule has 1 unspecified atom stereocenters. The van der Waals surface area contributed by atoms with E-state index in [0.717, 1.165) is 45.8 Å². The van der Waals surface area contributed by atoms with Gasteiger partial charge in [0.1, 0.15) is 6.04 Å². The van der Waals surface area contributed by atoms with Gasteiger partial charge in [0.25, 0.3) is 0 Å². The average molecular weight is 216 g/mol. The monoisotopic (exact) mass is 216 g/mol. The topological polar surface area (TPSA) is 61.8 Å². The van der Waals surface area contributed by atoms with Crippen LogP contribution in [0.2, 0.25) is 0 Å². The third kappa shape index (κ3) is 5.11. The molecule has 88 valence electrons. The summed E-state index contributed by atoms with van der Waals surface area (Å²) in [6.07, 6.45) is 0.984. The standard InChI is InChI=1S/C10H20N2O3/c1-9(10(13)14)11-3-2-4-12-5-7-15-8-6-12/h9,11H,2-8H2,1H3,(H,13,14). The number of carbonyl (C=O) groups is 1. The number of hydrogen-bond donors (Lipinski definition) is 2. The first-order valence-electron chi connectivity index (χ1n) is 5.46. The Morgan fingerprint density at radius 2 is 2.20 bits per heavy atom. The number of ether oxygens (including phenoxy) is 1. The normalized spacial score (nSPS) is 20.1. The summed E-state index contributed by atoms with van der Waals surface area (Å²) in [5, 5.41) is 11.6. The fourth-order valence-corrected chi connectivity index (χ4v) is 1.53. The van der Waals surface area contributed by atoms with Gasteiger partial charge in [-0.3, -0.25) is 9.69 Å². The van der Waals surface area contributed by atoms with Gasteiger partial charge < -0.3 is 15.2 Å². The first-order chi connectivity index (χ1) is 7.20. The molecule has 0 radical (unpaired) electrons. The largest absolute Gasteiger partial charge is 0.480 e. The van der Waals surface area contributed by atoms with E-state index < -0.39 is 12.0 Å². The summed E-state index contributed by atoms with van der Waals surface area (Å²) >= 11 is 0. The van der Waals surface area contributed by atoms with Gasteiger partial charge in [0, 0.05) is 13.1 Å². The van der Waals surface area contributed by atoms with Crippen molar-refractivity contribution in [3.8, 4) is 0 Å². The molecule has 1 rings (SSSR count). The van der Waals surface area contributed by atoms with Crippen molar-refractivity contribution in [1.29, 1.82) is 0 Å². The Hall–Kier alpha value is -0.650. The minimum Gasteiger partial charge on any atom is -0.480 e. The zero-order chi connectivity index (χ0) is 11.1. The van der Waals surface area contributed by atoms with Crippen LogP contribution in [-0.2, 0) is 9.53 Å². The Morgan fingerprint density at radius 3 is 2.80 bits per heavy atom. The highest BCUT2D eigenvalue weighted by Crippen LogP contribution is 1.97. The molecule has 15 heavy (non-hydrogen) atoms. The summed E-state index contributed by atoms with van der Waals surface area (Å²) in [4.78, 5) is 12.8. The third-order valence-corrected chi connectivity index (χ3v) is 2.58. The van der Waals surface area contributed by atoms with Gasteiger partial charge in [0.15, 0.2) is 0 Å². The second-order valence-electron chi connectivity index (χ2n) is 3.82. The Balaban J connectivity index is 1.98. The maximum Gasteiger partial charge on any atom is 0.320 e. The van der Waals surface area contributed by atoms with E-state index in [9.17, 15) is 4.79 Å². The highest BCUT2D eigenvalue weighted by molar-refractivity contribution is 5.72.